The molecular formula is C18H18ClN3S. The van der Waals surface area contributed by atoms with Crippen LogP contribution in [0.1, 0.15) is 36.7 Å². The number of hydrogen-bond donors (Lipinski definition) is 0. The summed E-state index contributed by atoms with van der Waals surface area (Å²) in [6.07, 6.45) is 2.95. The number of fused-ring (bicyclic) bond motifs is 1. The maximum atomic E-state index is 6.53. The topological polar surface area (TPSA) is 28.5 Å². The number of aliphatic imine (C=N–C) groups is 1. The van der Waals surface area contributed by atoms with E-state index in [-0.39, 0.29) is 12.1 Å². The third-order valence-electron chi connectivity index (χ3n) is 4.55. The van der Waals surface area contributed by atoms with E-state index in [4.69, 9.17) is 16.6 Å². The Morgan fingerprint density at radius 2 is 2.04 bits per heavy atom. The second-order valence-electron chi connectivity index (χ2n) is 5.86. The number of rotatable bonds is 3. The average Bonchev–Trinajstić information content (AvgIpc) is 3.15. The van der Waals surface area contributed by atoms with Gasteiger partial charge in [0, 0.05) is 23.0 Å². The van der Waals surface area contributed by atoms with E-state index < -0.39 is 0 Å². The molecule has 3 heterocycles. The summed E-state index contributed by atoms with van der Waals surface area (Å²) < 4.78 is 0. The van der Waals surface area contributed by atoms with Crippen LogP contribution < -0.4 is 0 Å². The lowest BCUT2D eigenvalue weighted by Gasteiger charge is -2.32. The zero-order valence-electron chi connectivity index (χ0n) is 12.9. The number of pyridine rings is 1. The Labute approximate surface area is 145 Å². The SMILES string of the molecule is CC[C@@H]1CSC2=N[C@@H](c3ccccn3)[C@@H](c3ccccc3Cl)N21. The van der Waals surface area contributed by atoms with Crippen LogP contribution in [-0.4, -0.2) is 26.8 Å². The Hall–Kier alpha value is -1.52. The molecule has 0 N–H and O–H groups in total. The maximum absolute atomic E-state index is 6.53. The number of amidine groups is 1. The first kappa shape index (κ1) is 15.0. The lowest BCUT2D eigenvalue weighted by molar-refractivity contribution is 0.255. The highest BCUT2D eigenvalue weighted by atomic mass is 35.5. The van der Waals surface area contributed by atoms with Gasteiger partial charge in [-0.15, -0.1) is 0 Å². The molecule has 23 heavy (non-hydrogen) atoms. The fourth-order valence-corrected chi connectivity index (χ4v) is 4.99. The van der Waals surface area contributed by atoms with E-state index in [9.17, 15) is 0 Å². The van der Waals surface area contributed by atoms with Crippen LogP contribution in [0.3, 0.4) is 0 Å². The summed E-state index contributed by atoms with van der Waals surface area (Å²) >= 11 is 8.39. The lowest BCUT2D eigenvalue weighted by Crippen LogP contribution is -2.35. The number of benzene rings is 1. The Bertz CT molecular complexity index is 734. The third-order valence-corrected chi connectivity index (χ3v) is 6.02. The van der Waals surface area contributed by atoms with Crippen LogP contribution in [0.15, 0.2) is 53.7 Å². The highest BCUT2D eigenvalue weighted by Gasteiger charge is 2.45. The summed E-state index contributed by atoms with van der Waals surface area (Å²) in [5.41, 5.74) is 2.15. The molecule has 0 bridgehead atoms. The van der Waals surface area contributed by atoms with Gasteiger partial charge in [0.05, 0.1) is 11.7 Å². The molecule has 1 aromatic carbocycles. The van der Waals surface area contributed by atoms with Gasteiger partial charge >= 0.3 is 0 Å². The van der Waals surface area contributed by atoms with Crippen molar-refractivity contribution < 1.29 is 0 Å². The quantitative estimate of drug-likeness (QED) is 0.807. The van der Waals surface area contributed by atoms with Gasteiger partial charge in [-0.05, 0) is 30.2 Å². The zero-order chi connectivity index (χ0) is 15.8. The number of aromatic nitrogens is 1. The number of hydrogen-bond acceptors (Lipinski definition) is 4. The second-order valence-corrected chi connectivity index (χ2v) is 7.25. The van der Waals surface area contributed by atoms with E-state index in [1.54, 1.807) is 0 Å². The molecule has 2 aromatic rings. The standard InChI is InChI=1S/C18H18ClN3S/c1-2-12-11-23-18-21-16(15-9-5-6-10-20-15)17(22(12)18)13-7-3-4-8-14(13)19/h3-10,12,16-17H,2,11H2,1H3/t12-,16+,17-/m1/s1. The summed E-state index contributed by atoms with van der Waals surface area (Å²) in [5, 5.41) is 1.94. The molecular weight excluding hydrogens is 326 g/mol. The summed E-state index contributed by atoms with van der Waals surface area (Å²) in [7, 11) is 0. The van der Waals surface area contributed by atoms with Crippen LogP contribution in [0.4, 0.5) is 0 Å². The van der Waals surface area contributed by atoms with Gasteiger partial charge in [-0.1, -0.05) is 54.6 Å². The molecule has 0 saturated carbocycles. The van der Waals surface area contributed by atoms with E-state index in [0.717, 1.165) is 33.6 Å². The van der Waals surface area contributed by atoms with Crippen LogP contribution in [0.25, 0.3) is 0 Å². The first-order valence-corrected chi connectivity index (χ1v) is 9.30. The smallest absolute Gasteiger partial charge is 0.160 e. The largest absolute Gasteiger partial charge is 0.338 e. The second kappa shape index (κ2) is 6.17. The first-order valence-electron chi connectivity index (χ1n) is 7.94. The predicted molar refractivity (Wildman–Crippen MR) is 97.0 cm³/mol. The average molecular weight is 344 g/mol. The molecule has 1 saturated heterocycles. The van der Waals surface area contributed by atoms with Gasteiger partial charge in [-0.3, -0.25) is 9.98 Å². The van der Waals surface area contributed by atoms with E-state index in [1.165, 1.54) is 0 Å². The molecule has 118 valence electrons. The van der Waals surface area contributed by atoms with Crippen molar-refractivity contribution in [3.63, 3.8) is 0 Å². The van der Waals surface area contributed by atoms with Crippen LogP contribution in [-0.2, 0) is 0 Å². The van der Waals surface area contributed by atoms with Crippen molar-refractivity contribution in [2.75, 3.05) is 5.75 Å². The molecule has 0 unspecified atom stereocenters. The van der Waals surface area contributed by atoms with Crippen molar-refractivity contribution in [2.45, 2.75) is 31.5 Å². The minimum absolute atomic E-state index is 0.00736. The number of halogens is 1. The van der Waals surface area contributed by atoms with E-state index >= 15 is 0 Å². The van der Waals surface area contributed by atoms with Gasteiger partial charge < -0.3 is 4.90 Å². The Kier molecular flexibility index (Phi) is 4.04. The molecule has 1 aromatic heterocycles. The summed E-state index contributed by atoms with van der Waals surface area (Å²) in [6.45, 7) is 2.24. The van der Waals surface area contributed by atoms with Crippen LogP contribution in [0.2, 0.25) is 5.02 Å². The fraction of sp³-hybridized carbons (Fsp3) is 0.333. The normalized spacial score (nSPS) is 26.3. The summed E-state index contributed by atoms with van der Waals surface area (Å²) in [5.74, 6) is 1.10. The van der Waals surface area contributed by atoms with Gasteiger partial charge in [0.25, 0.3) is 0 Å². The highest BCUT2D eigenvalue weighted by molar-refractivity contribution is 8.14. The molecule has 4 rings (SSSR count). The minimum atomic E-state index is 0.00736. The molecule has 3 atom stereocenters. The molecule has 1 fully saturated rings. The van der Waals surface area contributed by atoms with Crippen LogP contribution in [0, 0.1) is 0 Å². The van der Waals surface area contributed by atoms with Crippen molar-refractivity contribution in [3.05, 3.63) is 64.9 Å². The zero-order valence-corrected chi connectivity index (χ0v) is 14.5. The summed E-state index contributed by atoms with van der Waals surface area (Å²) in [6, 6.07) is 14.8. The maximum Gasteiger partial charge on any atom is 0.160 e. The van der Waals surface area contributed by atoms with E-state index in [2.05, 4.69) is 35.0 Å². The van der Waals surface area contributed by atoms with Crippen LogP contribution in [0.5, 0.6) is 0 Å². The third kappa shape index (κ3) is 2.54. The molecule has 0 aliphatic carbocycles. The molecule has 5 heteroatoms. The molecule has 0 radical (unpaired) electrons. The van der Waals surface area contributed by atoms with E-state index in [0.29, 0.717) is 6.04 Å². The Balaban J connectivity index is 1.82. The highest BCUT2D eigenvalue weighted by Crippen LogP contribution is 2.49. The monoisotopic (exact) mass is 343 g/mol. The molecule has 0 spiro atoms. The number of nitrogens with zero attached hydrogens (tertiary/aromatic N) is 3. The molecule has 3 nitrogen and oxygen atoms in total. The van der Waals surface area contributed by atoms with Gasteiger partial charge in [0.2, 0.25) is 0 Å². The van der Waals surface area contributed by atoms with Crippen molar-refractivity contribution in [2.24, 2.45) is 4.99 Å². The Morgan fingerprint density at radius 3 is 2.78 bits per heavy atom. The first-order chi connectivity index (χ1) is 11.3. The molecule has 2 aliphatic rings. The van der Waals surface area contributed by atoms with Gasteiger partial charge in [0.15, 0.2) is 5.17 Å². The molecule has 2 aliphatic heterocycles. The van der Waals surface area contributed by atoms with Crippen molar-refractivity contribution in [1.82, 2.24) is 9.88 Å². The van der Waals surface area contributed by atoms with Crippen molar-refractivity contribution in [3.8, 4) is 0 Å². The lowest BCUT2D eigenvalue weighted by atomic mass is 9.95. The fourth-order valence-electron chi connectivity index (χ4n) is 3.40. The van der Waals surface area contributed by atoms with Crippen molar-refractivity contribution >= 4 is 28.5 Å². The number of thioether (sulfide) groups is 1. The van der Waals surface area contributed by atoms with Gasteiger partial charge in [0.1, 0.15) is 6.04 Å². The molecule has 0 amide bonds. The van der Waals surface area contributed by atoms with Gasteiger partial charge in [-0.2, -0.15) is 0 Å². The summed E-state index contributed by atoms with van der Waals surface area (Å²) in [4.78, 5) is 12.0. The minimum Gasteiger partial charge on any atom is -0.338 e. The van der Waals surface area contributed by atoms with Gasteiger partial charge in [-0.25, -0.2) is 0 Å². The predicted octanol–water partition coefficient (Wildman–Crippen LogP) is 4.71. The Morgan fingerprint density at radius 1 is 1.22 bits per heavy atom. The van der Waals surface area contributed by atoms with Crippen molar-refractivity contribution in [1.29, 1.82) is 0 Å². The van der Waals surface area contributed by atoms with Crippen LogP contribution >= 0.6 is 23.4 Å². The van der Waals surface area contributed by atoms with E-state index in [1.807, 2.05) is 42.2 Å².